The maximum absolute atomic E-state index is 13.0. The van der Waals surface area contributed by atoms with Gasteiger partial charge in [0.2, 0.25) is 0 Å². The summed E-state index contributed by atoms with van der Waals surface area (Å²) in [6, 6.07) is 4.69. The molecule has 0 aliphatic rings. The van der Waals surface area contributed by atoms with Crippen LogP contribution in [0.2, 0.25) is 0 Å². The number of nitrogens with zero attached hydrogens (tertiary/aromatic N) is 7. The van der Waals surface area contributed by atoms with E-state index in [9.17, 15) is 13.2 Å². The van der Waals surface area contributed by atoms with Gasteiger partial charge in [0.15, 0.2) is 17.3 Å². The second-order valence-corrected chi connectivity index (χ2v) is 7.15. The Labute approximate surface area is 161 Å². The van der Waals surface area contributed by atoms with Crippen molar-refractivity contribution in [3.8, 4) is 17.3 Å². The zero-order chi connectivity index (χ0) is 19.9. The summed E-state index contributed by atoms with van der Waals surface area (Å²) in [5.41, 5.74) is 0.224. The Bertz CT molecular complexity index is 1140. The second kappa shape index (κ2) is 6.89. The lowest BCUT2D eigenvalue weighted by Gasteiger charge is -2.10. The van der Waals surface area contributed by atoms with Gasteiger partial charge in [0.05, 0.1) is 5.56 Å². The first kappa shape index (κ1) is 18.4. The summed E-state index contributed by atoms with van der Waals surface area (Å²) in [6.45, 7) is 2.01. The highest BCUT2D eigenvalue weighted by molar-refractivity contribution is 7.99. The summed E-state index contributed by atoms with van der Waals surface area (Å²) < 4.78 is 42.2. The summed E-state index contributed by atoms with van der Waals surface area (Å²) in [4.78, 5) is 17.8. The molecule has 0 bridgehead atoms. The van der Waals surface area contributed by atoms with E-state index in [1.54, 1.807) is 29.4 Å². The van der Waals surface area contributed by atoms with E-state index in [2.05, 4.69) is 25.0 Å². The van der Waals surface area contributed by atoms with Crippen LogP contribution in [-0.4, -0.2) is 40.0 Å². The van der Waals surface area contributed by atoms with Crippen molar-refractivity contribution in [2.75, 3.05) is 5.75 Å². The van der Waals surface area contributed by atoms with Gasteiger partial charge in [-0.3, -0.25) is 0 Å². The van der Waals surface area contributed by atoms with E-state index in [1.165, 1.54) is 17.3 Å². The van der Waals surface area contributed by atoms with Gasteiger partial charge < -0.3 is 4.57 Å². The first-order valence-electron chi connectivity index (χ1n) is 8.27. The number of hydrogen-bond acceptors (Lipinski definition) is 6. The fourth-order valence-electron chi connectivity index (χ4n) is 2.77. The van der Waals surface area contributed by atoms with Crippen molar-refractivity contribution in [2.45, 2.75) is 18.0 Å². The molecule has 0 fully saturated rings. The van der Waals surface area contributed by atoms with Crippen LogP contribution >= 0.6 is 11.8 Å². The largest absolute Gasteiger partial charge is 0.417 e. The van der Waals surface area contributed by atoms with Gasteiger partial charge in [-0.2, -0.15) is 18.3 Å². The van der Waals surface area contributed by atoms with Crippen LogP contribution in [0, 0.1) is 0 Å². The van der Waals surface area contributed by atoms with Gasteiger partial charge in [0, 0.05) is 18.1 Å². The molecule has 4 aromatic heterocycles. The van der Waals surface area contributed by atoms with Crippen LogP contribution in [-0.2, 0) is 13.2 Å². The van der Waals surface area contributed by atoms with Gasteiger partial charge in [-0.05, 0) is 24.0 Å². The molecule has 0 saturated heterocycles. The fraction of sp³-hybridized carbons (Fsp3) is 0.235. The number of hydrogen-bond donors (Lipinski definition) is 0. The van der Waals surface area contributed by atoms with E-state index in [1.807, 2.05) is 13.0 Å². The summed E-state index contributed by atoms with van der Waals surface area (Å²) in [7, 11) is 1.70. The summed E-state index contributed by atoms with van der Waals surface area (Å²) in [5, 5.41) is 4.07. The van der Waals surface area contributed by atoms with Crippen LogP contribution in [0.3, 0.4) is 0 Å². The normalized spacial score (nSPS) is 12.0. The Morgan fingerprint density at radius 1 is 1.18 bits per heavy atom. The van der Waals surface area contributed by atoms with Crippen LogP contribution < -0.4 is 0 Å². The summed E-state index contributed by atoms with van der Waals surface area (Å²) >= 11 is 1.57. The maximum atomic E-state index is 13.0. The van der Waals surface area contributed by atoms with Crippen molar-refractivity contribution in [3.05, 3.63) is 42.6 Å². The molecule has 0 aliphatic heterocycles. The Balaban J connectivity index is 1.90. The number of fused-ring (bicyclic) bond motifs is 1. The predicted octanol–water partition coefficient (Wildman–Crippen LogP) is 3.74. The third-order valence-corrected chi connectivity index (χ3v) is 4.97. The van der Waals surface area contributed by atoms with Crippen LogP contribution in [0.1, 0.15) is 12.5 Å². The van der Waals surface area contributed by atoms with Crippen molar-refractivity contribution >= 4 is 22.9 Å². The Morgan fingerprint density at radius 3 is 2.68 bits per heavy atom. The number of aryl methyl sites for hydroxylation is 1. The molecule has 0 N–H and O–H groups in total. The van der Waals surface area contributed by atoms with E-state index in [4.69, 9.17) is 0 Å². The van der Waals surface area contributed by atoms with Gasteiger partial charge in [-0.1, -0.05) is 6.92 Å². The van der Waals surface area contributed by atoms with Crippen molar-refractivity contribution in [1.29, 1.82) is 0 Å². The van der Waals surface area contributed by atoms with E-state index in [0.717, 1.165) is 22.9 Å². The number of alkyl halides is 3. The number of pyridine rings is 2. The van der Waals surface area contributed by atoms with Gasteiger partial charge in [0.25, 0.3) is 0 Å². The van der Waals surface area contributed by atoms with Crippen LogP contribution in [0.4, 0.5) is 13.2 Å². The zero-order valence-electron chi connectivity index (χ0n) is 14.8. The minimum atomic E-state index is -4.48. The topological polar surface area (TPSA) is 74.3 Å². The van der Waals surface area contributed by atoms with Crippen LogP contribution in [0.15, 0.2) is 41.9 Å². The molecule has 7 nitrogen and oxygen atoms in total. The highest BCUT2D eigenvalue weighted by Crippen LogP contribution is 2.34. The number of rotatable bonds is 4. The molecule has 144 valence electrons. The summed E-state index contributed by atoms with van der Waals surface area (Å²) in [5.74, 6) is 1.77. The molecule has 11 heteroatoms. The molecule has 0 spiro atoms. The number of aromatic nitrogens is 7. The molecule has 0 amide bonds. The van der Waals surface area contributed by atoms with Crippen molar-refractivity contribution < 1.29 is 13.2 Å². The van der Waals surface area contributed by atoms with Crippen molar-refractivity contribution in [2.24, 2.45) is 7.05 Å². The van der Waals surface area contributed by atoms with E-state index >= 15 is 0 Å². The van der Waals surface area contributed by atoms with Gasteiger partial charge in [0.1, 0.15) is 23.9 Å². The number of thioether (sulfide) groups is 1. The minimum Gasteiger partial charge on any atom is -0.310 e. The van der Waals surface area contributed by atoms with E-state index in [-0.39, 0.29) is 5.52 Å². The molecule has 28 heavy (non-hydrogen) atoms. The molecule has 0 atom stereocenters. The molecule has 0 aliphatic carbocycles. The number of imidazole rings is 1. The first-order valence-corrected chi connectivity index (χ1v) is 9.26. The summed E-state index contributed by atoms with van der Waals surface area (Å²) in [6.07, 6.45) is -0.749. The van der Waals surface area contributed by atoms with Gasteiger partial charge in [-0.15, -0.1) is 11.8 Å². The van der Waals surface area contributed by atoms with Crippen LogP contribution in [0.25, 0.3) is 28.5 Å². The average Bonchev–Trinajstić information content (AvgIpc) is 3.30. The Hall–Kier alpha value is -2.95. The molecular formula is C17H14F3N7S. The van der Waals surface area contributed by atoms with Crippen LogP contribution in [0.5, 0.6) is 0 Å². The smallest absolute Gasteiger partial charge is 0.310 e. The SMILES string of the molecule is CCSc1ccc(-n2cncn2)nc1-c1nc2cc(C(F)(F)F)cnc2n1C. The lowest BCUT2D eigenvalue weighted by molar-refractivity contribution is -0.137. The molecule has 4 aromatic rings. The zero-order valence-corrected chi connectivity index (χ0v) is 15.7. The minimum absolute atomic E-state index is 0.160. The average molecular weight is 405 g/mol. The molecule has 0 saturated carbocycles. The predicted molar refractivity (Wildman–Crippen MR) is 98.1 cm³/mol. The fourth-order valence-corrected chi connectivity index (χ4v) is 3.51. The molecule has 0 aromatic carbocycles. The second-order valence-electron chi connectivity index (χ2n) is 5.85. The standard InChI is InChI=1S/C17H14F3N7S/c1-3-28-12-4-5-13(27-9-21-8-23-27)25-14(12)16-24-11-6-10(17(18,19)20)7-22-15(11)26(16)2/h4-9H,3H2,1-2H3. The van der Waals surface area contributed by atoms with E-state index < -0.39 is 11.7 Å². The van der Waals surface area contributed by atoms with Crippen molar-refractivity contribution in [3.63, 3.8) is 0 Å². The molecular weight excluding hydrogens is 391 g/mol. The maximum Gasteiger partial charge on any atom is 0.417 e. The highest BCUT2D eigenvalue weighted by atomic mass is 32.2. The molecule has 4 rings (SSSR count). The first-order chi connectivity index (χ1) is 13.4. The quantitative estimate of drug-likeness (QED) is 0.482. The van der Waals surface area contributed by atoms with Crippen molar-refractivity contribution in [1.82, 2.24) is 34.3 Å². The number of halogens is 3. The molecule has 4 heterocycles. The highest BCUT2D eigenvalue weighted by Gasteiger charge is 2.32. The van der Waals surface area contributed by atoms with E-state index in [0.29, 0.717) is 23.0 Å². The Morgan fingerprint density at radius 2 is 2.00 bits per heavy atom. The lowest BCUT2D eigenvalue weighted by Crippen LogP contribution is -2.05. The third-order valence-electron chi connectivity index (χ3n) is 4.04. The molecule has 0 unspecified atom stereocenters. The third kappa shape index (κ3) is 3.21. The van der Waals surface area contributed by atoms with Gasteiger partial charge in [-0.25, -0.2) is 24.6 Å². The Kier molecular flexibility index (Phi) is 4.53. The molecule has 0 radical (unpaired) electrons. The lowest BCUT2D eigenvalue weighted by atomic mass is 10.2. The monoisotopic (exact) mass is 405 g/mol. The van der Waals surface area contributed by atoms with Gasteiger partial charge >= 0.3 is 6.18 Å².